The number of carboxylic acids is 1. The number of amides is 2. The molecule has 21 heavy (non-hydrogen) atoms. The summed E-state index contributed by atoms with van der Waals surface area (Å²) in [5.74, 6) is -1.92. The van der Waals surface area contributed by atoms with Crippen LogP contribution in [0.1, 0.15) is 28.9 Å². The van der Waals surface area contributed by atoms with Crippen molar-refractivity contribution < 1.29 is 19.5 Å². The molecule has 114 valence electrons. The van der Waals surface area contributed by atoms with E-state index in [0.717, 1.165) is 6.42 Å². The minimum absolute atomic E-state index is 0.0699. The average molecular weight is 310 g/mol. The highest BCUT2D eigenvalue weighted by atomic mass is 32.1. The van der Waals surface area contributed by atoms with Gasteiger partial charge >= 0.3 is 5.97 Å². The highest BCUT2D eigenvalue weighted by molar-refractivity contribution is 7.12. The summed E-state index contributed by atoms with van der Waals surface area (Å²) < 4.78 is 0. The number of aliphatic carboxylic acids is 1. The lowest BCUT2D eigenvalue weighted by Gasteiger charge is -2.20. The van der Waals surface area contributed by atoms with Crippen molar-refractivity contribution in [1.29, 1.82) is 0 Å². The molecule has 1 aliphatic rings. The van der Waals surface area contributed by atoms with E-state index in [2.05, 4.69) is 5.32 Å². The molecule has 2 N–H and O–H groups in total. The number of nitrogens with zero attached hydrogens (tertiary/aromatic N) is 1. The first-order valence-electron chi connectivity index (χ1n) is 6.80. The Kier molecular flexibility index (Phi) is 4.95. The van der Waals surface area contributed by atoms with E-state index in [1.165, 1.54) is 16.2 Å². The van der Waals surface area contributed by atoms with Crippen molar-refractivity contribution in [3.05, 3.63) is 22.4 Å². The smallest absolute Gasteiger partial charge is 0.308 e. The van der Waals surface area contributed by atoms with Gasteiger partial charge in [-0.1, -0.05) is 12.5 Å². The summed E-state index contributed by atoms with van der Waals surface area (Å²) in [4.78, 5) is 37.0. The Morgan fingerprint density at radius 1 is 1.43 bits per heavy atom. The molecule has 6 nitrogen and oxygen atoms in total. The highest BCUT2D eigenvalue weighted by Crippen LogP contribution is 2.25. The zero-order valence-corrected chi connectivity index (χ0v) is 12.6. The Balaban J connectivity index is 1.87. The molecule has 1 saturated carbocycles. The fourth-order valence-corrected chi connectivity index (χ4v) is 3.27. The van der Waals surface area contributed by atoms with Crippen LogP contribution in [0.2, 0.25) is 0 Å². The Hall–Kier alpha value is -1.89. The molecule has 0 aromatic carbocycles. The minimum atomic E-state index is -0.874. The van der Waals surface area contributed by atoms with Crippen LogP contribution in [0.15, 0.2) is 17.5 Å². The van der Waals surface area contributed by atoms with E-state index in [9.17, 15) is 14.4 Å². The van der Waals surface area contributed by atoms with Crippen LogP contribution in [0.5, 0.6) is 0 Å². The third-order valence-corrected chi connectivity index (χ3v) is 4.50. The first-order chi connectivity index (χ1) is 9.99. The van der Waals surface area contributed by atoms with Gasteiger partial charge in [0.2, 0.25) is 5.91 Å². The molecule has 2 amide bonds. The Labute approximate surface area is 126 Å². The first kappa shape index (κ1) is 15.5. The molecule has 2 atom stereocenters. The molecule has 0 radical (unpaired) electrons. The third kappa shape index (κ3) is 3.81. The van der Waals surface area contributed by atoms with Gasteiger partial charge in [0.25, 0.3) is 5.91 Å². The van der Waals surface area contributed by atoms with E-state index in [-0.39, 0.29) is 24.4 Å². The predicted octanol–water partition coefficient (Wildman–Crippen LogP) is 1.19. The standard InChI is InChI=1S/C14H18N2O4S/c1-16(13(18)11-6-3-7-21-11)8-12(17)15-10-5-2-4-9(10)14(19)20/h3,6-7,9-10H,2,4-5,8H2,1H3,(H,15,17)(H,19,20)/t9-,10+/m0/s1. The number of nitrogens with one attached hydrogen (secondary N) is 1. The first-order valence-corrected chi connectivity index (χ1v) is 7.68. The summed E-state index contributed by atoms with van der Waals surface area (Å²) >= 11 is 1.32. The molecule has 1 fully saturated rings. The molecule has 1 aromatic rings. The van der Waals surface area contributed by atoms with Gasteiger partial charge in [0.1, 0.15) is 0 Å². The van der Waals surface area contributed by atoms with Crippen molar-refractivity contribution in [3.8, 4) is 0 Å². The lowest BCUT2D eigenvalue weighted by Crippen LogP contribution is -2.45. The monoisotopic (exact) mass is 310 g/mol. The number of thiophene rings is 1. The topological polar surface area (TPSA) is 86.7 Å². The van der Waals surface area contributed by atoms with Crippen molar-refractivity contribution in [2.75, 3.05) is 13.6 Å². The van der Waals surface area contributed by atoms with Gasteiger partial charge in [0.15, 0.2) is 0 Å². The van der Waals surface area contributed by atoms with E-state index < -0.39 is 11.9 Å². The minimum Gasteiger partial charge on any atom is -0.481 e. The van der Waals surface area contributed by atoms with E-state index in [1.54, 1.807) is 24.6 Å². The van der Waals surface area contributed by atoms with Gasteiger partial charge in [-0.25, -0.2) is 0 Å². The van der Waals surface area contributed by atoms with Crippen molar-refractivity contribution in [1.82, 2.24) is 10.2 Å². The lowest BCUT2D eigenvalue weighted by molar-refractivity contribution is -0.142. The van der Waals surface area contributed by atoms with Crippen molar-refractivity contribution in [2.45, 2.75) is 25.3 Å². The number of rotatable bonds is 5. The fraction of sp³-hybridized carbons (Fsp3) is 0.500. The molecule has 1 heterocycles. The molecule has 0 saturated heterocycles. The molecule has 1 aromatic heterocycles. The zero-order valence-electron chi connectivity index (χ0n) is 11.7. The lowest BCUT2D eigenvalue weighted by atomic mass is 10.0. The predicted molar refractivity (Wildman–Crippen MR) is 78.2 cm³/mol. The number of likely N-dealkylation sites (N-methyl/N-ethyl adjacent to an activating group) is 1. The van der Waals surface area contributed by atoms with E-state index >= 15 is 0 Å². The normalized spacial score (nSPS) is 21.0. The molecular weight excluding hydrogens is 292 g/mol. The maximum Gasteiger partial charge on any atom is 0.308 e. The average Bonchev–Trinajstić information content (AvgIpc) is 3.08. The van der Waals surface area contributed by atoms with Crippen LogP contribution in [-0.2, 0) is 9.59 Å². The zero-order chi connectivity index (χ0) is 15.4. The Morgan fingerprint density at radius 3 is 2.81 bits per heavy atom. The summed E-state index contributed by atoms with van der Waals surface area (Å²) in [6, 6.07) is 3.15. The summed E-state index contributed by atoms with van der Waals surface area (Å²) in [6.45, 7) is -0.0699. The van der Waals surface area contributed by atoms with Crippen LogP contribution >= 0.6 is 11.3 Å². The van der Waals surface area contributed by atoms with Gasteiger partial charge < -0.3 is 15.3 Å². The second-order valence-electron chi connectivity index (χ2n) is 5.19. The molecule has 0 bridgehead atoms. The van der Waals surface area contributed by atoms with Crippen molar-refractivity contribution in [3.63, 3.8) is 0 Å². The second kappa shape index (κ2) is 6.71. The van der Waals surface area contributed by atoms with Crippen LogP contribution in [0.25, 0.3) is 0 Å². The van der Waals surface area contributed by atoms with Crippen LogP contribution in [0.4, 0.5) is 0 Å². The van der Waals surface area contributed by atoms with Crippen molar-refractivity contribution in [2.24, 2.45) is 5.92 Å². The second-order valence-corrected chi connectivity index (χ2v) is 6.14. The fourth-order valence-electron chi connectivity index (χ4n) is 2.56. The van der Waals surface area contributed by atoms with Gasteiger partial charge in [-0.3, -0.25) is 14.4 Å². The molecule has 1 aliphatic carbocycles. The Bertz CT molecular complexity index is 529. The quantitative estimate of drug-likeness (QED) is 0.855. The third-order valence-electron chi connectivity index (χ3n) is 3.64. The van der Waals surface area contributed by atoms with Gasteiger partial charge in [0.05, 0.1) is 17.3 Å². The van der Waals surface area contributed by atoms with Crippen LogP contribution in [0, 0.1) is 5.92 Å². The molecule has 0 unspecified atom stereocenters. The van der Waals surface area contributed by atoms with Gasteiger partial charge in [-0.15, -0.1) is 11.3 Å². The number of carboxylic acid groups (broad SMARTS) is 1. The molecule has 0 aliphatic heterocycles. The number of hydrogen-bond donors (Lipinski definition) is 2. The number of carbonyl (C=O) groups excluding carboxylic acids is 2. The molecule has 2 rings (SSSR count). The van der Waals surface area contributed by atoms with E-state index in [4.69, 9.17) is 5.11 Å². The molecule has 0 spiro atoms. The maximum absolute atomic E-state index is 12.0. The van der Waals surface area contributed by atoms with Gasteiger partial charge in [-0.2, -0.15) is 0 Å². The largest absolute Gasteiger partial charge is 0.481 e. The summed E-state index contributed by atoms with van der Waals surface area (Å²) in [7, 11) is 1.56. The number of hydrogen-bond acceptors (Lipinski definition) is 4. The number of carbonyl (C=O) groups is 3. The molecular formula is C14H18N2O4S. The summed E-state index contributed by atoms with van der Waals surface area (Å²) in [6.07, 6.45) is 2.06. The van der Waals surface area contributed by atoms with Gasteiger partial charge in [-0.05, 0) is 24.3 Å². The van der Waals surface area contributed by atoms with Crippen molar-refractivity contribution >= 4 is 29.1 Å². The SMILES string of the molecule is CN(CC(=O)N[C@@H]1CCC[C@@H]1C(=O)O)C(=O)c1cccs1. The van der Waals surface area contributed by atoms with E-state index in [1.807, 2.05) is 0 Å². The van der Waals surface area contributed by atoms with E-state index in [0.29, 0.717) is 17.7 Å². The van der Waals surface area contributed by atoms with Crippen LogP contribution in [-0.4, -0.2) is 47.4 Å². The Morgan fingerprint density at radius 2 is 2.19 bits per heavy atom. The van der Waals surface area contributed by atoms with Crippen LogP contribution < -0.4 is 5.32 Å². The summed E-state index contributed by atoms with van der Waals surface area (Å²) in [5, 5.41) is 13.6. The maximum atomic E-state index is 12.0. The van der Waals surface area contributed by atoms with Crippen LogP contribution in [0.3, 0.4) is 0 Å². The summed E-state index contributed by atoms with van der Waals surface area (Å²) in [5.41, 5.74) is 0. The highest BCUT2D eigenvalue weighted by Gasteiger charge is 2.34. The molecule has 7 heteroatoms. The van der Waals surface area contributed by atoms with Gasteiger partial charge in [0, 0.05) is 13.1 Å².